The molecule has 138 valence electrons. The first-order chi connectivity index (χ1) is 12.5. The highest BCUT2D eigenvalue weighted by Crippen LogP contribution is 2.34. The van der Waals surface area contributed by atoms with Gasteiger partial charge in [-0.1, -0.05) is 0 Å². The fraction of sp³-hybridized carbons (Fsp3) is 0.526. The summed E-state index contributed by atoms with van der Waals surface area (Å²) >= 11 is 1.53. The fourth-order valence-electron chi connectivity index (χ4n) is 4.24. The van der Waals surface area contributed by atoms with Crippen LogP contribution in [0.4, 0.5) is 5.69 Å². The molecule has 2 aromatic heterocycles. The molecule has 1 N–H and O–H groups in total. The zero-order valence-corrected chi connectivity index (χ0v) is 16.2. The van der Waals surface area contributed by atoms with Crippen LogP contribution in [0.25, 0.3) is 10.1 Å². The Labute approximate surface area is 157 Å². The van der Waals surface area contributed by atoms with Gasteiger partial charge in [-0.15, -0.1) is 11.3 Å². The largest absolute Gasteiger partial charge is 0.346 e. The van der Waals surface area contributed by atoms with Crippen molar-refractivity contribution >= 4 is 38.9 Å². The fourth-order valence-corrected chi connectivity index (χ4v) is 5.17. The lowest BCUT2D eigenvalue weighted by Crippen LogP contribution is -2.62. The van der Waals surface area contributed by atoms with E-state index < -0.39 is 0 Å². The van der Waals surface area contributed by atoms with E-state index in [4.69, 9.17) is 0 Å². The number of hydrogen-bond donors (Lipinski definition) is 1. The summed E-state index contributed by atoms with van der Waals surface area (Å²) < 4.78 is 0.973. The molecule has 26 heavy (non-hydrogen) atoms. The molecule has 2 unspecified atom stereocenters. The number of hydrogen-bond acceptors (Lipinski definition) is 5. The van der Waals surface area contributed by atoms with Crippen LogP contribution in [0.3, 0.4) is 0 Å². The molecule has 5 heterocycles. The smallest absolute Gasteiger partial charge is 0.270 e. The van der Waals surface area contributed by atoms with Crippen molar-refractivity contribution in [2.75, 3.05) is 25.0 Å². The number of fused-ring (bicyclic) bond motifs is 4. The summed E-state index contributed by atoms with van der Waals surface area (Å²) in [5.41, 5.74) is 1.24. The van der Waals surface area contributed by atoms with Crippen molar-refractivity contribution in [1.82, 2.24) is 15.2 Å². The van der Waals surface area contributed by atoms with E-state index in [1.807, 2.05) is 11.4 Å². The Hall–Kier alpha value is -1.99. The van der Waals surface area contributed by atoms with Crippen LogP contribution in [0.2, 0.25) is 0 Å². The van der Waals surface area contributed by atoms with E-state index in [0.717, 1.165) is 41.7 Å². The molecule has 3 fully saturated rings. The number of piperidine rings is 3. The molecule has 0 aliphatic carbocycles. The summed E-state index contributed by atoms with van der Waals surface area (Å²) in [4.78, 5) is 33.0. The van der Waals surface area contributed by atoms with E-state index >= 15 is 0 Å². The van der Waals surface area contributed by atoms with E-state index in [9.17, 15) is 9.59 Å². The van der Waals surface area contributed by atoms with Gasteiger partial charge in [0, 0.05) is 43.0 Å². The predicted octanol–water partition coefficient (Wildman–Crippen LogP) is 2.49. The molecule has 0 saturated carbocycles. The second kappa shape index (κ2) is 6.63. The van der Waals surface area contributed by atoms with Gasteiger partial charge in [0.2, 0.25) is 5.91 Å². The lowest BCUT2D eigenvalue weighted by molar-refractivity contribution is -0.116. The first kappa shape index (κ1) is 17.4. The summed E-state index contributed by atoms with van der Waals surface area (Å²) in [6, 6.07) is 2.36. The summed E-state index contributed by atoms with van der Waals surface area (Å²) in [7, 11) is 1.75. The lowest BCUT2D eigenvalue weighted by atomic mass is 9.79. The molecule has 3 saturated heterocycles. The Bertz CT molecular complexity index is 854. The van der Waals surface area contributed by atoms with Gasteiger partial charge in [0.1, 0.15) is 5.69 Å². The van der Waals surface area contributed by atoms with Gasteiger partial charge >= 0.3 is 0 Å². The molecule has 3 aliphatic rings. The van der Waals surface area contributed by atoms with Gasteiger partial charge in [-0.05, 0) is 44.8 Å². The predicted molar refractivity (Wildman–Crippen MR) is 104 cm³/mol. The number of carbonyl (C=O) groups excluding carboxylic acids is 2. The average molecular weight is 372 g/mol. The number of thiophene rings is 1. The van der Waals surface area contributed by atoms with Crippen LogP contribution in [0.5, 0.6) is 0 Å². The highest BCUT2D eigenvalue weighted by molar-refractivity contribution is 7.17. The number of aromatic nitrogens is 1. The van der Waals surface area contributed by atoms with Gasteiger partial charge in [0.15, 0.2) is 0 Å². The summed E-state index contributed by atoms with van der Waals surface area (Å²) in [6.07, 6.45) is 4.03. The van der Waals surface area contributed by atoms with Gasteiger partial charge in [-0.2, -0.15) is 0 Å². The number of anilines is 1. The van der Waals surface area contributed by atoms with E-state index in [1.165, 1.54) is 18.3 Å². The van der Waals surface area contributed by atoms with Crippen molar-refractivity contribution in [2.24, 2.45) is 5.92 Å². The van der Waals surface area contributed by atoms with Gasteiger partial charge in [-0.25, -0.2) is 4.98 Å². The van der Waals surface area contributed by atoms with Crippen LogP contribution in [0.1, 0.15) is 37.2 Å². The van der Waals surface area contributed by atoms with Crippen LogP contribution in [0.15, 0.2) is 17.6 Å². The third-order valence-electron chi connectivity index (χ3n) is 5.98. The van der Waals surface area contributed by atoms with Gasteiger partial charge in [-0.3, -0.25) is 14.5 Å². The van der Waals surface area contributed by atoms with Crippen LogP contribution < -0.4 is 10.2 Å². The lowest BCUT2D eigenvalue weighted by Gasteiger charge is -2.49. The standard InChI is InChI=1S/C19H24N4O2S/c1-11-18(13-4-6-23(11)7-5-13)21-19(25)15-8-14-16(22(3)12(2)24)10-26-17(14)9-20-15/h8-11,13,18H,4-7H2,1-3H3,(H,21,25). The topological polar surface area (TPSA) is 65.5 Å². The quantitative estimate of drug-likeness (QED) is 0.899. The zero-order valence-electron chi connectivity index (χ0n) is 15.4. The Morgan fingerprint density at radius 2 is 2.08 bits per heavy atom. The molecule has 6 nitrogen and oxygen atoms in total. The highest BCUT2D eigenvalue weighted by atomic mass is 32.1. The van der Waals surface area contributed by atoms with E-state index in [0.29, 0.717) is 17.7 Å². The number of nitrogens with one attached hydrogen (secondary N) is 1. The van der Waals surface area contributed by atoms with Crippen molar-refractivity contribution < 1.29 is 9.59 Å². The minimum absolute atomic E-state index is 0.0337. The molecule has 2 bridgehead atoms. The van der Waals surface area contributed by atoms with Crippen LogP contribution in [0, 0.1) is 5.92 Å². The first-order valence-electron chi connectivity index (χ1n) is 9.12. The maximum Gasteiger partial charge on any atom is 0.270 e. The monoisotopic (exact) mass is 372 g/mol. The number of nitrogens with zero attached hydrogens (tertiary/aromatic N) is 3. The van der Waals surface area contributed by atoms with Crippen LogP contribution >= 0.6 is 11.3 Å². The molecule has 0 aromatic carbocycles. The zero-order chi connectivity index (χ0) is 18.4. The minimum Gasteiger partial charge on any atom is -0.346 e. The molecule has 5 rings (SSSR count). The van der Waals surface area contributed by atoms with E-state index in [2.05, 4.69) is 22.1 Å². The molecule has 2 atom stereocenters. The minimum atomic E-state index is -0.125. The first-order valence-corrected chi connectivity index (χ1v) is 10.00. The Morgan fingerprint density at radius 3 is 2.73 bits per heavy atom. The number of amides is 2. The molecule has 0 radical (unpaired) electrons. The Balaban J connectivity index is 1.59. The van der Waals surface area contributed by atoms with Crippen molar-refractivity contribution in [3.63, 3.8) is 0 Å². The average Bonchev–Trinajstić information content (AvgIpc) is 3.07. The molecular formula is C19H24N4O2S. The summed E-state index contributed by atoms with van der Waals surface area (Å²) in [5.74, 6) is 0.400. The van der Waals surface area contributed by atoms with E-state index in [-0.39, 0.29) is 17.9 Å². The van der Waals surface area contributed by atoms with Crippen molar-refractivity contribution in [1.29, 1.82) is 0 Å². The second-order valence-electron chi connectivity index (χ2n) is 7.38. The summed E-state index contributed by atoms with van der Waals surface area (Å²) in [6.45, 7) is 6.01. The normalized spacial score (nSPS) is 27.5. The SMILES string of the molecule is CC(=O)N(C)c1csc2cnc(C(=O)NC3C4CCN(CC4)C3C)cc12. The molecular weight excluding hydrogens is 348 g/mol. The third kappa shape index (κ3) is 2.89. The molecule has 2 amide bonds. The molecule has 2 aromatic rings. The molecule has 3 aliphatic heterocycles. The molecule has 7 heteroatoms. The van der Waals surface area contributed by atoms with Gasteiger partial charge < -0.3 is 10.2 Å². The number of pyridine rings is 1. The summed E-state index contributed by atoms with van der Waals surface area (Å²) in [5, 5.41) is 6.06. The van der Waals surface area contributed by atoms with Crippen molar-refractivity contribution in [3.8, 4) is 0 Å². The van der Waals surface area contributed by atoms with E-state index in [1.54, 1.807) is 18.1 Å². The maximum absolute atomic E-state index is 12.8. The van der Waals surface area contributed by atoms with Crippen LogP contribution in [-0.4, -0.2) is 53.9 Å². The number of rotatable bonds is 3. The van der Waals surface area contributed by atoms with Gasteiger partial charge in [0.05, 0.1) is 10.4 Å². The number of carbonyl (C=O) groups is 2. The highest BCUT2D eigenvalue weighted by Gasteiger charge is 2.40. The molecule has 0 spiro atoms. The third-order valence-corrected chi connectivity index (χ3v) is 6.90. The van der Waals surface area contributed by atoms with Crippen molar-refractivity contribution in [2.45, 2.75) is 38.8 Å². The Kier molecular flexibility index (Phi) is 4.44. The van der Waals surface area contributed by atoms with Crippen LogP contribution in [-0.2, 0) is 4.79 Å². The van der Waals surface area contributed by atoms with Crippen molar-refractivity contribution in [3.05, 3.63) is 23.3 Å². The maximum atomic E-state index is 12.8. The Morgan fingerprint density at radius 1 is 1.35 bits per heavy atom. The second-order valence-corrected chi connectivity index (χ2v) is 8.29. The van der Waals surface area contributed by atoms with Gasteiger partial charge in [0.25, 0.3) is 5.91 Å².